The molecule has 1 heterocycles. The van der Waals surface area contributed by atoms with Crippen LogP contribution in [0, 0.1) is 0 Å². The molecule has 0 unspecified atom stereocenters. The highest BCUT2D eigenvalue weighted by Crippen LogP contribution is 2.22. The van der Waals surface area contributed by atoms with Gasteiger partial charge in [-0.2, -0.15) is 10.6 Å². The van der Waals surface area contributed by atoms with E-state index in [4.69, 9.17) is 9.47 Å². The monoisotopic (exact) mass is 667 g/mol. The van der Waals surface area contributed by atoms with Gasteiger partial charge in [0, 0.05) is 24.9 Å². The van der Waals surface area contributed by atoms with Crippen LogP contribution in [0.25, 0.3) is 10.8 Å². The molecule has 15 heteroatoms. The third kappa shape index (κ3) is 11.4. The van der Waals surface area contributed by atoms with E-state index in [0.29, 0.717) is 29.5 Å². The van der Waals surface area contributed by atoms with Crippen LogP contribution in [-0.2, 0) is 28.7 Å². The Kier molecular flexibility index (Phi) is 14.0. The van der Waals surface area contributed by atoms with Gasteiger partial charge >= 0.3 is 11.9 Å². The Hall–Kier alpha value is -4.92. The molecule has 4 N–H and O–H groups in total. The summed E-state index contributed by atoms with van der Waals surface area (Å²) in [4.78, 5) is 67.1. The number of benzene rings is 2. The van der Waals surface area contributed by atoms with Crippen molar-refractivity contribution in [2.24, 2.45) is 15.4 Å². The number of rotatable bonds is 15. The predicted molar refractivity (Wildman–Crippen MR) is 177 cm³/mol. The van der Waals surface area contributed by atoms with Crippen molar-refractivity contribution < 1.29 is 38.6 Å². The number of esters is 1. The van der Waals surface area contributed by atoms with E-state index in [1.165, 1.54) is 12.0 Å². The van der Waals surface area contributed by atoms with Crippen LogP contribution in [0.15, 0.2) is 57.9 Å². The van der Waals surface area contributed by atoms with Gasteiger partial charge in [-0.05, 0) is 76.6 Å². The number of likely N-dealkylation sites (tertiary alicyclic amines) is 1. The molecule has 15 nitrogen and oxygen atoms in total. The molecule has 0 radical (unpaired) electrons. The number of fused-ring (bicyclic) bond motifs is 1. The smallest absolute Gasteiger partial charge is 0.326 e. The highest BCUT2D eigenvalue weighted by Gasteiger charge is 2.38. The summed E-state index contributed by atoms with van der Waals surface area (Å²) in [6.45, 7) is 6.95. The molecular formula is C33H45N7O8. The minimum Gasteiger partial charge on any atom is -0.480 e. The van der Waals surface area contributed by atoms with Crippen molar-refractivity contribution >= 4 is 46.1 Å². The van der Waals surface area contributed by atoms with Crippen molar-refractivity contribution in [3.05, 3.63) is 48.0 Å². The van der Waals surface area contributed by atoms with Crippen molar-refractivity contribution in [2.45, 2.75) is 89.9 Å². The molecule has 0 aromatic heterocycles. The van der Waals surface area contributed by atoms with E-state index >= 15 is 0 Å². The van der Waals surface area contributed by atoms with Crippen LogP contribution in [0.2, 0.25) is 0 Å². The number of methoxy groups -OCH3 is 1. The Morgan fingerprint density at radius 2 is 1.75 bits per heavy atom. The Labute approximate surface area is 279 Å². The number of hydrazone groups is 1. The van der Waals surface area contributed by atoms with Crippen LogP contribution in [0.5, 0.6) is 0 Å². The van der Waals surface area contributed by atoms with Crippen LogP contribution >= 0.6 is 0 Å². The zero-order valence-corrected chi connectivity index (χ0v) is 28.0. The second-order valence-corrected chi connectivity index (χ2v) is 12.4. The lowest BCUT2D eigenvalue weighted by Gasteiger charge is -2.37. The highest BCUT2D eigenvalue weighted by molar-refractivity contribution is 6.08. The number of carbonyl (C=O) groups is 5. The lowest BCUT2D eigenvalue weighted by molar-refractivity contribution is -0.159. The van der Waals surface area contributed by atoms with Gasteiger partial charge in [0.15, 0.2) is 6.73 Å². The molecule has 3 rings (SSSR count). The SMILES string of the molecule is COC/N=N/N/N=C(\C)CC[C@H](NC(=O)c1cccc2ccccc12)C(=O)N1CCCC[C@H]1C(=O)N[C@@H](CC(=O)OC(C)(C)C)C(=O)O. The quantitative estimate of drug-likeness (QED) is 0.0952. The standard InChI is InChI=1S/C33H45N7O8/c1-21(37-39-38-34-20-47-5)16-17-25(35-29(42)24-14-10-12-22-11-6-7-13-23(22)24)31(44)40-18-9-8-15-27(40)30(43)36-26(32(45)46)19-28(41)48-33(2,3)4/h6-7,10-14,25-27H,8-9,15-20H2,1-5H3,(H,34,39)(H,35,42)(H,36,43)(H,45,46)/b37-21+/t25-,26-,27-/m0/s1. The summed E-state index contributed by atoms with van der Waals surface area (Å²) >= 11 is 0. The van der Waals surface area contributed by atoms with Crippen LogP contribution in [-0.4, -0.2) is 89.5 Å². The van der Waals surface area contributed by atoms with E-state index in [0.717, 1.165) is 5.39 Å². The molecule has 1 fully saturated rings. The van der Waals surface area contributed by atoms with Gasteiger partial charge in [-0.25, -0.2) is 4.79 Å². The predicted octanol–water partition coefficient (Wildman–Crippen LogP) is 3.34. The number of hydrogen-bond donors (Lipinski definition) is 4. The normalized spacial score (nSPS) is 16.6. The maximum absolute atomic E-state index is 14.2. The molecule has 1 saturated heterocycles. The van der Waals surface area contributed by atoms with Crippen molar-refractivity contribution in [2.75, 3.05) is 20.4 Å². The summed E-state index contributed by atoms with van der Waals surface area (Å²) in [5, 5.41) is 28.1. The Morgan fingerprint density at radius 1 is 1.02 bits per heavy atom. The largest absolute Gasteiger partial charge is 0.480 e. The van der Waals surface area contributed by atoms with Crippen molar-refractivity contribution in [3.63, 3.8) is 0 Å². The maximum Gasteiger partial charge on any atom is 0.326 e. The van der Waals surface area contributed by atoms with Crippen molar-refractivity contribution in [3.8, 4) is 0 Å². The number of carboxylic acids is 1. The number of carbonyl (C=O) groups excluding carboxylic acids is 4. The van der Waals surface area contributed by atoms with Gasteiger partial charge in [-0.1, -0.05) is 41.6 Å². The van der Waals surface area contributed by atoms with E-state index in [9.17, 15) is 29.1 Å². The average molecular weight is 668 g/mol. The first-order chi connectivity index (χ1) is 22.8. The molecule has 3 amide bonds. The molecule has 1 aliphatic heterocycles. The summed E-state index contributed by atoms with van der Waals surface area (Å²) in [6.07, 6.45) is 1.34. The van der Waals surface area contributed by atoms with E-state index in [-0.39, 0.29) is 32.5 Å². The van der Waals surface area contributed by atoms with Gasteiger partial charge in [0.1, 0.15) is 23.7 Å². The number of amides is 3. The van der Waals surface area contributed by atoms with Gasteiger partial charge in [-0.15, -0.1) is 5.11 Å². The lowest BCUT2D eigenvalue weighted by Crippen LogP contribution is -2.59. The number of aliphatic carboxylic acids is 1. The first-order valence-corrected chi connectivity index (χ1v) is 15.8. The fourth-order valence-corrected chi connectivity index (χ4v) is 5.24. The summed E-state index contributed by atoms with van der Waals surface area (Å²) < 4.78 is 10.0. The number of nitrogens with one attached hydrogen (secondary N) is 3. The zero-order valence-electron chi connectivity index (χ0n) is 28.0. The van der Waals surface area contributed by atoms with Crippen molar-refractivity contribution in [1.82, 2.24) is 21.1 Å². The fraction of sp³-hybridized carbons (Fsp3) is 0.515. The van der Waals surface area contributed by atoms with Gasteiger partial charge in [0.05, 0.1) is 6.42 Å². The van der Waals surface area contributed by atoms with Gasteiger partial charge in [0.25, 0.3) is 5.91 Å². The molecule has 1 aliphatic rings. The number of piperidine rings is 1. The average Bonchev–Trinajstić information content (AvgIpc) is 3.04. The Balaban J connectivity index is 1.83. The van der Waals surface area contributed by atoms with Crippen LogP contribution in [0.4, 0.5) is 0 Å². The van der Waals surface area contributed by atoms with Gasteiger partial charge in [0.2, 0.25) is 11.8 Å². The molecule has 2 aromatic carbocycles. The molecule has 2 aromatic rings. The minimum atomic E-state index is -1.56. The maximum atomic E-state index is 14.2. The second kappa shape index (κ2) is 17.8. The van der Waals surface area contributed by atoms with Crippen LogP contribution in [0.1, 0.15) is 76.6 Å². The Morgan fingerprint density at radius 3 is 2.46 bits per heavy atom. The van der Waals surface area contributed by atoms with Gasteiger partial charge < -0.3 is 30.1 Å². The lowest BCUT2D eigenvalue weighted by atomic mass is 9.97. The second-order valence-electron chi connectivity index (χ2n) is 12.4. The summed E-state index contributed by atoms with van der Waals surface area (Å²) in [5.74, 6) is -3.86. The van der Waals surface area contributed by atoms with Crippen LogP contribution < -0.4 is 16.2 Å². The molecule has 260 valence electrons. The third-order valence-electron chi connectivity index (χ3n) is 7.47. The summed E-state index contributed by atoms with van der Waals surface area (Å²) in [7, 11) is 1.47. The number of nitrogens with zero attached hydrogens (tertiary/aromatic N) is 4. The van der Waals surface area contributed by atoms with E-state index in [1.54, 1.807) is 39.8 Å². The first kappa shape index (κ1) is 37.5. The fourth-order valence-electron chi connectivity index (χ4n) is 5.24. The molecule has 0 aliphatic carbocycles. The molecule has 0 spiro atoms. The topological polar surface area (TPSA) is 200 Å². The van der Waals surface area contributed by atoms with E-state index in [2.05, 4.69) is 31.6 Å². The van der Waals surface area contributed by atoms with Crippen molar-refractivity contribution in [1.29, 1.82) is 0 Å². The van der Waals surface area contributed by atoms with E-state index in [1.807, 2.05) is 30.3 Å². The molecule has 3 atom stereocenters. The first-order valence-electron chi connectivity index (χ1n) is 15.8. The Bertz CT molecular complexity index is 1520. The third-order valence-corrected chi connectivity index (χ3v) is 7.47. The molecule has 48 heavy (non-hydrogen) atoms. The molecule has 0 bridgehead atoms. The van der Waals surface area contributed by atoms with Gasteiger partial charge in [-0.3, -0.25) is 19.2 Å². The number of hydrogen-bond acceptors (Lipinski definition) is 10. The summed E-state index contributed by atoms with van der Waals surface area (Å²) in [5.41, 5.74) is 2.57. The number of carboxylic acid groups (broad SMARTS) is 1. The molecular weight excluding hydrogens is 622 g/mol. The number of ether oxygens (including phenoxy) is 2. The summed E-state index contributed by atoms with van der Waals surface area (Å²) in [6, 6.07) is 9.09. The zero-order chi connectivity index (χ0) is 35.3. The van der Waals surface area contributed by atoms with Crippen LogP contribution in [0.3, 0.4) is 0 Å². The molecule has 0 saturated carbocycles. The highest BCUT2D eigenvalue weighted by atomic mass is 16.6. The minimum absolute atomic E-state index is 0.0527. The van der Waals surface area contributed by atoms with E-state index < -0.39 is 59.8 Å².